The van der Waals surface area contributed by atoms with Crippen molar-refractivity contribution < 1.29 is 23.8 Å². The van der Waals surface area contributed by atoms with E-state index in [-0.39, 0.29) is 24.7 Å². The summed E-state index contributed by atoms with van der Waals surface area (Å²) in [5, 5.41) is 3.34. The minimum Gasteiger partial charge on any atom is -0.493 e. The number of ether oxygens (including phenoxy) is 3. The van der Waals surface area contributed by atoms with Gasteiger partial charge in [0.2, 0.25) is 0 Å². The summed E-state index contributed by atoms with van der Waals surface area (Å²) in [7, 11) is 1.52. The molecular weight excluding hydrogens is 394 g/mol. The summed E-state index contributed by atoms with van der Waals surface area (Å²) in [6, 6.07) is 3.54. The molecule has 160 valence electrons. The second-order valence-electron chi connectivity index (χ2n) is 7.58. The Balaban J connectivity index is 1.89. The number of rotatable bonds is 8. The van der Waals surface area contributed by atoms with E-state index in [2.05, 4.69) is 12.2 Å². The predicted molar refractivity (Wildman–Crippen MR) is 113 cm³/mol. The van der Waals surface area contributed by atoms with Gasteiger partial charge in [0.25, 0.3) is 5.91 Å². The van der Waals surface area contributed by atoms with Crippen LogP contribution in [0.25, 0.3) is 6.08 Å². The molecule has 0 aliphatic heterocycles. The van der Waals surface area contributed by atoms with Gasteiger partial charge in [-0.1, -0.05) is 31.4 Å². The van der Waals surface area contributed by atoms with Crippen LogP contribution in [0.1, 0.15) is 52.0 Å². The Morgan fingerprint density at radius 1 is 1.28 bits per heavy atom. The zero-order valence-electron chi connectivity index (χ0n) is 17.5. The topological polar surface area (TPSA) is 73.9 Å². The zero-order valence-corrected chi connectivity index (χ0v) is 18.3. The smallest absolute Gasteiger partial charge is 0.331 e. The van der Waals surface area contributed by atoms with Gasteiger partial charge in [-0.3, -0.25) is 4.79 Å². The van der Waals surface area contributed by atoms with Crippen molar-refractivity contribution in [2.45, 2.75) is 58.6 Å². The summed E-state index contributed by atoms with van der Waals surface area (Å²) >= 11 is 6.27. The SMILES string of the molecule is COc1cc(/C=C/C(=O)OCC(=O)N[C@H]2CCCC[C@@H]2C)cc(Cl)c1OC(C)C. The molecule has 0 heterocycles. The van der Waals surface area contributed by atoms with Gasteiger partial charge in [-0.25, -0.2) is 4.79 Å². The molecule has 29 heavy (non-hydrogen) atoms. The summed E-state index contributed by atoms with van der Waals surface area (Å²) in [5.41, 5.74) is 0.653. The fourth-order valence-corrected chi connectivity index (χ4v) is 3.58. The summed E-state index contributed by atoms with van der Waals surface area (Å²) in [6.07, 6.45) is 7.15. The van der Waals surface area contributed by atoms with Crippen molar-refractivity contribution >= 4 is 29.6 Å². The van der Waals surface area contributed by atoms with Crippen molar-refractivity contribution in [3.63, 3.8) is 0 Å². The highest BCUT2D eigenvalue weighted by molar-refractivity contribution is 6.32. The third-order valence-corrected chi connectivity index (χ3v) is 5.10. The molecule has 0 aromatic heterocycles. The third kappa shape index (κ3) is 7.28. The van der Waals surface area contributed by atoms with Gasteiger partial charge in [-0.05, 0) is 56.4 Å². The van der Waals surface area contributed by atoms with E-state index in [9.17, 15) is 9.59 Å². The fourth-order valence-electron chi connectivity index (χ4n) is 3.31. The lowest BCUT2D eigenvalue weighted by molar-refractivity contribution is -0.144. The molecule has 2 rings (SSSR count). The number of methoxy groups -OCH3 is 1. The molecule has 1 saturated carbocycles. The number of carbonyl (C=O) groups is 2. The Morgan fingerprint density at radius 2 is 2.00 bits per heavy atom. The van der Waals surface area contributed by atoms with Crippen molar-refractivity contribution in [1.82, 2.24) is 5.32 Å². The molecule has 1 aromatic carbocycles. The lowest BCUT2D eigenvalue weighted by Gasteiger charge is -2.29. The molecule has 1 amide bonds. The van der Waals surface area contributed by atoms with Gasteiger partial charge in [-0.2, -0.15) is 0 Å². The van der Waals surface area contributed by atoms with Gasteiger partial charge >= 0.3 is 5.97 Å². The van der Waals surface area contributed by atoms with Crippen LogP contribution in [-0.4, -0.2) is 37.7 Å². The first-order valence-corrected chi connectivity index (χ1v) is 10.4. The number of halogens is 1. The van der Waals surface area contributed by atoms with E-state index in [0.717, 1.165) is 19.3 Å². The number of esters is 1. The predicted octanol–water partition coefficient (Wildman–Crippen LogP) is 4.39. The maximum absolute atomic E-state index is 12.0. The average molecular weight is 424 g/mol. The van der Waals surface area contributed by atoms with Gasteiger partial charge in [0.1, 0.15) is 0 Å². The van der Waals surface area contributed by atoms with E-state index < -0.39 is 5.97 Å². The first kappa shape index (κ1) is 23.1. The van der Waals surface area contributed by atoms with Gasteiger partial charge in [0.05, 0.1) is 18.2 Å². The fraction of sp³-hybridized carbons (Fsp3) is 0.545. The Hall–Kier alpha value is -2.21. The third-order valence-electron chi connectivity index (χ3n) is 4.82. The summed E-state index contributed by atoms with van der Waals surface area (Å²) in [4.78, 5) is 24.0. The number of hydrogen-bond acceptors (Lipinski definition) is 5. The van der Waals surface area contributed by atoms with Crippen LogP contribution in [0.2, 0.25) is 5.02 Å². The van der Waals surface area contributed by atoms with E-state index in [0.29, 0.717) is 28.0 Å². The zero-order chi connectivity index (χ0) is 21.4. The van der Waals surface area contributed by atoms with Crippen molar-refractivity contribution in [2.75, 3.05) is 13.7 Å². The molecule has 1 aromatic rings. The van der Waals surface area contributed by atoms with E-state index in [1.807, 2.05) is 13.8 Å². The van der Waals surface area contributed by atoms with Crippen LogP contribution in [0.4, 0.5) is 0 Å². The molecule has 1 aliphatic rings. The monoisotopic (exact) mass is 423 g/mol. The van der Waals surface area contributed by atoms with Crippen LogP contribution in [-0.2, 0) is 14.3 Å². The number of hydrogen-bond donors (Lipinski definition) is 1. The van der Waals surface area contributed by atoms with Gasteiger partial charge < -0.3 is 19.5 Å². The first-order chi connectivity index (χ1) is 13.8. The van der Waals surface area contributed by atoms with Crippen LogP contribution < -0.4 is 14.8 Å². The van der Waals surface area contributed by atoms with Gasteiger partial charge in [-0.15, -0.1) is 0 Å². The minimum atomic E-state index is -0.602. The molecule has 1 N–H and O–H groups in total. The van der Waals surface area contributed by atoms with Crippen LogP contribution in [0.5, 0.6) is 11.5 Å². The van der Waals surface area contributed by atoms with Crippen LogP contribution in [0, 0.1) is 5.92 Å². The maximum Gasteiger partial charge on any atom is 0.331 e. The normalized spacial score (nSPS) is 19.2. The maximum atomic E-state index is 12.0. The van der Waals surface area contributed by atoms with Crippen molar-refractivity contribution in [3.05, 3.63) is 28.8 Å². The Bertz CT molecular complexity index is 747. The Morgan fingerprint density at radius 3 is 2.66 bits per heavy atom. The van der Waals surface area contributed by atoms with E-state index in [1.54, 1.807) is 18.2 Å². The van der Waals surface area contributed by atoms with Crippen LogP contribution in [0.15, 0.2) is 18.2 Å². The van der Waals surface area contributed by atoms with Crippen LogP contribution in [0.3, 0.4) is 0 Å². The van der Waals surface area contributed by atoms with Crippen LogP contribution >= 0.6 is 11.6 Å². The summed E-state index contributed by atoms with van der Waals surface area (Å²) < 4.78 is 16.0. The quantitative estimate of drug-likeness (QED) is 0.496. The first-order valence-electron chi connectivity index (χ1n) is 9.98. The van der Waals surface area contributed by atoms with E-state index in [4.69, 9.17) is 25.8 Å². The highest BCUT2D eigenvalue weighted by Gasteiger charge is 2.23. The second kappa shape index (κ2) is 11.1. The highest BCUT2D eigenvalue weighted by Crippen LogP contribution is 2.37. The molecule has 1 fully saturated rings. The molecule has 7 heteroatoms. The lowest BCUT2D eigenvalue weighted by Crippen LogP contribution is -2.42. The van der Waals surface area contributed by atoms with Gasteiger partial charge in [0.15, 0.2) is 18.1 Å². The number of nitrogens with one attached hydrogen (secondary N) is 1. The molecule has 0 unspecified atom stereocenters. The highest BCUT2D eigenvalue weighted by atomic mass is 35.5. The summed E-state index contributed by atoms with van der Waals surface area (Å²) in [6.45, 7) is 5.63. The second-order valence-corrected chi connectivity index (χ2v) is 7.98. The van der Waals surface area contributed by atoms with E-state index in [1.165, 1.54) is 19.6 Å². The molecule has 6 nitrogen and oxygen atoms in total. The molecule has 0 saturated heterocycles. The largest absolute Gasteiger partial charge is 0.493 e. The molecule has 0 spiro atoms. The van der Waals surface area contributed by atoms with Gasteiger partial charge in [0, 0.05) is 12.1 Å². The van der Waals surface area contributed by atoms with Crippen molar-refractivity contribution in [1.29, 1.82) is 0 Å². The number of carbonyl (C=O) groups excluding carboxylic acids is 2. The summed E-state index contributed by atoms with van der Waals surface area (Å²) in [5.74, 6) is 0.503. The van der Waals surface area contributed by atoms with Crippen molar-refractivity contribution in [2.24, 2.45) is 5.92 Å². The Labute approximate surface area is 177 Å². The molecule has 0 bridgehead atoms. The molecule has 1 aliphatic carbocycles. The lowest BCUT2D eigenvalue weighted by atomic mass is 9.86. The molecule has 0 radical (unpaired) electrons. The standard InChI is InChI=1S/C22H30ClNO5/c1-14(2)29-22-17(23)11-16(12-19(22)27-4)9-10-21(26)28-13-20(25)24-18-8-6-5-7-15(18)3/h9-12,14-15,18H,5-8,13H2,1-4H3,(H,24,25)/b10-9+/t15-,18-/m0/s1. The van der Waals surface area contributed by atoms with Crippen molar-refractivity contribution in [3.8, 4) is 11.5 Å². The molecular formula is C22H30ClNO5. The average Bonchev–Trinajstić information content (AvgIpc) is 2.68. The number of amides is 1. The van der Waals surface area contributed by atoms with E-state index >= 15 is 0 Å². The number of benzene rings is 1. The minimum absolute atomic E-state index is 0.0551. The Kier molecular flexibility index (Phi) is 8.83. The molecule has 2 atom stereocenters.